The van der Waals surface area contributed by atoms with E-state index in [9.17, 15) is 23.3 Å². The van der Waals surface area contributed by atoms with Crippen LogP contribution in [-0.2, 0) is 6.42 Å². The summed E-state index contributed by atoms with van der Waals surface area (Å²) in [6.07, 6.45) is -3.81. The van der Waals surface area contributed by atoms with Crippen molar-refractivity contribution in [3.63, 3.8) is 0 Å². The van der Waals surface area contributed by atoms with Crippen LogP contribution in [0.15, 0.2) is 36.5 Å². The Kier molecular flexibility index (Phi) is 5.17. The molecule has 0 amide bonds. The van der Waals surface area contributed by atoms with E-state index in [0.29, 0.717) is 0 Å². The molecule has 128 valence electrons. The number of nitrogens with two attached hydrogens (primary N) is 1. The molecule has 7 nitrogen and oxygen atoms in total. The first-order valence-corrected chi connectivity index (χ1v) is 6.91. The number of rotatable bonds is 6. The Bertz CT molecular complexity index is 709. The molecule has 1 aromatic carbocycles. The molecule has 10 heteroatoms. The summed E-state index contributed by atoms with van der Waals surface area (Å²) in [7, 11) is 0. The third-order valence-corrected chi connectivity index (χ3v) is 3.26. The standard InChI is InChI=1S/C14H14F3N5O2/c15-14(16,17)11(7-6-9-4-2-1-3-5-9)20-13-19-8-10(22(23)24)12(18)21-13/h1-5,8,11H,6-7H2,(H3,18,19,20,21)/t11-/m0/s1. The summed E-state index contributed by atoms with van der Waals surface area (Å²) in [5, 5.41) is 12.8. The van der Waals surface area contributed by atoms with Crippen LogP contribution < -0.4 is 11.1 Å². The third kappa shape index (κ3) is 4.54. The second-order valence-electron chi connectivity index (χ2n) is 4.98. The topological polar surface area (TPSA) is 107 Å². The number of nitrogens with zero attached hydrogens (tertiary/aromatic N) is 3. The van der Waals surface area contributed by atoms with Gasteiger partial charge in [0.2, 0.25) is 11.8 Å². The molecule has 0 unspecified atom stereocenters. The number of hydrogen-bond acceptors (Lipinski definition) is 6. The van der Waals surface area contributed by atoms with Gasteiger partial charge in [0.1, 0.15) is 12.2 Å². The minimum atomic E-state index is -4.53. The second kappa shape index (κ2) is 7.11. The van der Waals surface area contributed by atoms with Gasteiger partial charge in [-0.05, 0) is 18.4 Å². The molecule has 2 aromatic rings. The molecular weight excluding hydrogens is 327 g/mol. The lowest BCUT2D eigenvalue weighted by atomic mass is 10.1. The fraction of sp³-hybridized carbons (Fsp3) is 0.286. The van der Waals surface area contributed by atoms with Crippen molar-refractivity contribution in [3.8, 4) is 0 Å². The Morgan fingerprint density at radius 1 is 1.29 bits per heavy atom. The van der Waals surface area contributed by atoms with Gasteiger partial charge in [-0.15, -0.1) is 0 Å². The molecule has 0 aliphatic rings. The predicted octanol–water partition coefficient (Wildman–Crippen LogP) is 2.94. The zero-order valence-corrected chi connectivity index (χ0v) is 12.3. The summed E-state index contributed by atoms with van der Waals surface area (Å²) in [5.74, 6) is -0.907. The van der Waals surface area contributed by atoms with Crippen molar-refractivity contribution < 1.29 is 18.1 Å². The van der Waals surface area contributed by atoms with E-state index in [2.05, 4.69) is 15.3 Å². The van der Waals surface area contributed by atoms with Crippen LogP contribution in [0.25, 0.3) is 0 Å². The van der Waals surface area contributed by atoms with Crippen LogP contribution in [0.4, 0.5) is 30.6 Å². The van der Waals surface area contributed by atoms with Crippen LogP contribution in [0.2, 0.25) is 0 Å². The summed E-state index contributed by atoms with van der Waals surface area (Å²) in [4.78, 5) is 16.9. The maximum atomic E-state index is 13.2. The number of anilines is 2. The van der Waals surface area contributed by atoms with E-state index in [4.69, 9.17) is 5.73 Å². The Morgan fingerprint density at radius 3 is 2.50 bits per heavy atom. The first kappa shape index (κ1) is 17.4. The molecule has 1 heterocycles. The predicted molar refractivity (Wildman–Crippen MR) is 81.3 cm³/mol. The molecule has 2 rings (SSSR count). The van der Waals surface area contributed by atoms with Gasteiger partial charge in [0, 0.05) is 0 Å². The number of nitrogen functional groups attached to an aromatic ring is 1. The van der Waals surface area contributed by atoms with Crippen LogP contribution in [-0.4, -0.2) is 27.1 Å². The van der Waals surface area contributed by atoms with Gasteiger partial charge in [-0.2, -0.15) is 18.2 Å². The lowest BCUT2D eigenvalue weighted by molar-refractivity contribution is -0.384. The van der Waals surface area contributed by atoms with Gasteiger partial charge in [-0.1, -0.05) is 30.3 Å². The molecule has 0 aliphatic carbocycles. The number of nitrogens with one attached hydrogen (secondary N) is 1. The minimum Gasteiger partial charge on any atom is -0.378 e. The maximum Gasteiger partial charge on any atom is 0.408 e. The monoisotopic (exact) mass is 341 g/mol. The van der Waals surface area contributed by atoms with Crippen LogP contribution in [0.5, 0.6) is 0 Å². The Hall–Kier alpha value is -2.91. The Balaban J connectivity index is 2.12. The van der Waals surface area contributed by atoms with E-state index in [1.165, 1.54) is 0 Å². The van der Waals surface area contributed by atoms with Gasteiger partial charge in [-0.3, -0.25) is 10.1 Å². The van der Waals surface area contributed by atoms with E-state index < -0.39 is 34.6 Å². The highest BCUT2D eigenvalue weighted by Gasteiger charge is 2.39. The van der Waals surface area contributed by atoms with Crippen LogP contribution in [0.3, 0.4) is 0 Å². The van der Waals surface area contributed by atoms with Crippen molar-refractivity contribution in [2.24, 2.45) is 0 Å². The van der Waals surface area contributed by atoms with E-state index in [0.717, 1.165) is 11.8 Å². The summed E-state index contributed by atoms with van der Waals surface area (Å²) in [6, 6.07) is 6.81. The third-order valence-electron chi connectivity index (χ3n) is 3.26. The lowest BCUT2D eigenvalue weighted by Crippen LogP contribution is -2.37. The zero-order chi connectivity index (χ0) is 17.7. The molecule has 0 saturated carbocycles. The molecule has 0 aliphatic heterocycles. The van der Waals surface area contributed by atoms with E-state index >= 15 is 0 Å². The van der Waals surface area contributed by atoms with Crippen LogP contribution in [0, 0.1) is 10.1 Å². The van der Waals surface area contributed by atoms with Crippen molar-refractivity contribution in [3.05, 3.63) is 52.2 Å². The first-order chi connectivity index (χ1) is 11.3. The van der Waals surface area contributed by atoms with Crippen LogP contribution >= 0.6 is 0 Å². The first-order valence-electron chi connectivity index (χ1n) is 6.91. The number of nitro groups is 1. The molecule has 0 fully saturated rings. The van der Waals surface area contributed by atoms with Gasteiger partial charge in [0.05, 0.1) is 4.92 Å². The van der Waals surface area contributed by atoms with Crippen molar-refractivity contribution in [1.82, 2.24) is 9.97 Å². The molecular formula is C14H14F3N5O2. The average Bonchev–Trinajstić information content (AvgIpc) is 2.51. The number of hydrogen-bond donors (Lipinski definition) is 2. The van der Waals surface area contributed by atoms with Gasteiger partial charge in [0.25, 0.3) is 0 Å². The summed E-state index contributed by atoms with van der Waals surface area (Å²) in [5.41, 5.74) is 5.56. The average molecular weight is 341 g/mol. The summed E-state index contributed by atoms with van der Waals surface area (Å²) >= 11 is 0. The molecule has 24 heavy (non-hydrogen) atoms. The second-order valence-corrected chi connectivity index (χ2v) is 4.98. The Morgan fingerprint density at radius 2 is 1.96 bits per heavy atom. The molecule has 1 aromatic heterocycles. The number of benzene rings is 1. The highest BCUT2D eigenvalue weighted by molar-refractivity contribution is 5.53. The minimum absolute atomic E-state index is 0.195. The number of aryl methyl sites for hydroxylation is 1. The molecule has 1 atom stereocenters. The molecule has 0 radical (unpaired) electrons. The fourth-order valence-electron chi connectivity index (χ4n) is 2.03. The van der Waals surface area contributed by atoms with E-state index in [1.807, 2.05) is 0 Å². The lowest BCUT2D eigenvalue weighted by Gasteiger charge is -2.21. The summed E-state index contributed by atoms with van der Waals surface area (Å²) < 4.78 is 39.5. The highest BCUT2D eigenvalue weighted by atomic mass is 19.4. The number of halogens is 3. The van der Waals surface area contributed by atoms with Crippen molar-refractivity contribution in [2.45, 2.75) is 25.1 Å². The molecule has 0 bridgehead atoms. The molecule has 3 N–H and O–H groups in total. The molecule has 0 spiro atoms. The van der Waals surface area contributed by atoms with Gasteiger partial charge < -0.3 is 11.1 Å². The van der Waals surface area contributed by atoms with Crippen molar-refractivity contribution in [1.29, 1.82) is 0 Å². The highest BCUT2D eigenvalue weighted by Crippen LogP contribution is 2.27. The number of alkyl halides is 3. The molecule has 0 saturated heterocycles. The largest absolute Gasteiger partial charge is 0.408 e. The smallest absolute Gasteiger partial charge is 0.378 e. The quantitative estimate of drug-likeness (QED) is 0.618. The Labute approximate surface area is 134 Å². The van der Waals surface area contributed by atoms with Gasteiger partial charge in [0.15, 0.2) is 0 Å². The SMILES string of the molecule is Nc1nc(N[C@@H](CCc2ccccc2)C(F)(F)F)ncc1[N+](=O)[O-]. The maximum absolute atomic E-state index is 13.2. The normalized spacial score (nSPS) is 12.6. The fourth-order valence-corrected chi connectivity index (χ4v) is 2.03. The van der Waals surface area contributed by atoms with E-state index in [1.54, 1.807) is 30.3 Å². The van der Waals surface area contributed by atoms with Crippen LogP contribution in [0.1, 0.15) is 12.0 Å². The van der Waals surface area contributed by atoms with Crippen molar-refractivity contribution in [2.75, 3.05) is 11.1 Å². The van der Waals surface area contributed by atoms with Crippen molar-refractivity contribution >= 4 is 17.5 Å². The summed E-state index contributed by atoms with van der Waals surface area (Å²) in [6.45, 7) is 0. The van der Waals surface area contributed by atoms with E-state index in [-0.39, 0.29) is 12.8 Å². The zero-order valence-electron chi connectivity index (χ0n) is 12.3. The number of aromatic nitrogens is 2. The van der Waals surface area contributed by atoms with Gasteiger partial charge >= 0.3 is 11.9 Å². The van der Waals surface area contributed by atoms with Gasteiger partial charge in [-0.25, -0.2) is 4.98 Å².